The third-order valence-corrected chi connectivity index (χ3v) is 9.10. The molecule has 0 saturated carbocycles. The molecule has 0 aliphatic heterocycles. The Balaban J connectivity index is 2.11. The van der Waals surface area contributed by atoms with Crippen LogP contribution in [0.4, 0.5) is 5.69 Å². The van der Waals surface area contributed by atoms with Crippen LogP contribution in [0.1, 0.15) is 43.9 Å². The third kappa shape index (κ3) is 7.80. The van der Waals surface area contributed by atoms with Crippen LogP contribution in [0, 0.1) is 13.8 Å². The lowest BCUT2D eigenvalue weighted by atomic mass is 10.1. The van der Waals surface area contributed by atoms with Gasteiger partial charge in [0.2, 0.25) is 11.8 Å². The first-order valence-corrected chi connectivity index (χ1v) is 15.3. The molecule has 3 aromatic rings. The zero-order valence-electron chi connectivity index (χ0n) is 24.3. The number of halogens is 1. The molecule has 3 aromatic carbocycles. The SMILES string of the molecule is CCC(C)NC(=O)C(C)N(Cc1ccccc1Cl)C(=O)CN(c1cc(C)ccc1OC)S(=O)(=O)c1ccc(C)cc1. The number of aryl methyl sites for hydroxylation is 2. The summed E-state index contributed by atoms with van der Waals surface area (Å²) in [4.78, 5) is 28.7. The van der Waals surface area contributed by atoms with Gasteiger partial charge in [0, 0.05) is 17.6 Å². The van der Waals surface area contributed by atoms with E-state index in [1.165, 1.54) is 24.1 Å². The number of carbonyl (C=O) groups is 2. The summed E-state index contributed by atoms with van der Waals surface area (Å²) >= 11 is 6.43. The molecule has 0 aromatic heterocycles. The number of carbonyl (C=O) groups excluding carboxylic acids is 2. The van der Waals surface area contributed by atoms with E-state index >= 15 is 0 Å². The molecule has 8 nitrogen and oxygen atoms in total. The highest BCUT2D eigenvalue weighted by atomic mass is 35.5. The molecule has 41 heavy (non-hydrogen) atoms. The monoisotopic (exact) mass is 599 g/mol. The molecule has 2 atom stereocenters. The maximum absolute atomic E-state index is 14.1. The molecule has 2 amide bonds. The van der Waals surface area contributed by atoms with Crippen LogP contribution in [0.5, 0.6) is 5.75 Å². The minimum Gasteiger partial charge on any atom is -0.495 e. The molecule has 10 heteroatoms. The summed E-state index contributed by atoms with van der Waals surface area (Å²) in [5, 5.41) is 3.35. The molecule has 2 unspecified atom stereocenters. The van der Waals surface area contributed by atoms with E-state index in [0.717, 1.165) is 15.4 Å². The second kappa shape index (κ2) is 13.9. The van der Waals surface area contributed by atoms with Gasteiger partial charge >= 0.3 is 0 Å². The molecule has 0 fully saturated rings. The first-order chi connectivity index (χ1) is 19.4. The Hall–Kier alpha value is -3.56. The van der Waals surface area contributed by atoms with Crippen LogP contribution >= 0.6 is 11.6 Å². The van der Waals surface area contributed by atoms with Crippen molar-refractivity contribution in [3.8, 4) is 5.75 Å². The van der Waals surface area contributed by atoms with Gasteiger partial charge in [-0.3, -0.25) is 13.9 Å². The van der Waals surface area contributed by atoms with Crippen LogP contribution in [-0.4, -0.2) is 50.9 Å². The average Bonchev–Trinajstić information content (AvgIpc) is 2.95. The summed E-state index contributed by atoms with van der Waals surface area (Å²) < 4.78 is 34.7. The second-order valence-corrected chi connectivity index (χ2v) is 12.4. The molecule has 220 valence electrons. The van der Waals surface area contributed by atoms with Crippen LogP contribution in [0.3, 0.4) is 0 Å². The van der Waals surface area contributed by atoms with Crippen LogP contribution in [0.15, 0.2) is 71.6 Å². The summed E-state index contributed by atoms with van der Waals surface area (Å²) in [7, 11) is -2.78. The van der Waals surface area contributed by atoms with Crippen molar-refractivity contribution in [1.82, 2.24) is 10.2 Å². The van der Waals surface area contributed by atoms with E-state index < -0.39 is 28.5 Å². The van der Waals surface area contributed by atoms with E-state index in [4.69, 9.17) is 16.3 Å². The van der Waals surface area contributed by atoms with Gasteiger partial charge in [0.25, 0.3) is 10.0 Å². The Kier molecular flexibility index (Phi) is 10.8. The maximum Gasteiger partial charge on any atom is 0.264 e. The number of sulfonamides is 1. The van der Waals surface area contributed by atoms with Gasteiger partial charge in [0.05, 0.1) is 17.7 Å². The quantitative estimate of drug-likeness (QED) is 0.297. The Morgan fingerprint density at radius 1 is 0.976 bits per heavy atom. The number of amides is 2. The second-order valence-electron chi connectivity index (χ2n) is 10.1. The molecule has 0 radical (unpaired) electrons. The molecule has 1 N–H and O–H groups in total. The summed E-state index contributed by atoms with van der Waals surface area (Å²) in [6, 6.07) is 17.6. The molecule has 0 bridgehead atoms. The van der Waals surface area contributed by atoms with E-state index in [9.17, 15) is 18.0 Å². The van der Waals surface area contributed by atoms with Gasteiger partial charge in [-0.05, 0) is 75.6 Å². The molecule has 3 rings (SSSR count). The Morgan fingerprint density at radius 3 is 2.22 bits per heavy atom. The van der Waals surface area contributed by atoms with Gasteiger partial charge in [0.1, 0.15) is 18.3 Å². The van der Waals surface area contributed by atoms with E-state index in [-0.39, 0.29) is 29.1 Å². The number of hydrogen-bond donors (Lipinski definition) is 1. The fraction of sp³-hybridized carbons (Fsp3) is 0.355. The summed E-state index contributed by atoms with van der Waals surface area (Å²) in [6.07, 6.45) is 0.715. The van der Waals surface area contributed by atoms with Gasteiger partial charge < -0.3 is 15.0 Å². The Bertz CT molecular complexity index is 1480. The summed E-state index contributed by atoms with van der Waals surface area (Å²) in [6.45, 7) is 8.58. The smallest absolute Gasteiger partial charge is 0.264 e. The van der Waals surface area contributed by atoms with Crippen molar-refractivity contribution in [2.75, 3.05) is 18.0 Å². The zero-order chi connectivity index (χ0) is 30.3. The lowest BCUT2D eigenvalue weighted by Gasteiger charge is -2.33. The normalized spacial score (nSPS) is 12.8. The van der Waals surface area contributed by atoms with Gasteiger partial charge in [-0.15, -0.1) is 0 Å². The predicted octanol–water partition coefficient (Wildman–Crippen LogP) is 5.49. The fourth-order valence-electron chi connectivity index (χ4n) is 4.20. The van der Waals surface area contributed by atoms with Gasteiger partial charge in [0.15, 0.2) is 0 Å². The number of nitrogens with one attached hydrogen (secondary N) is 1. The van der Waals surface area contributed by atoms with Gasteiger partial charge in [-0.2, -0.15) is 0 Å². The highest BCUT2D eigenvalue weighted by Gasteiger charge is 2.34. The molecule has 0 aliphatic rings. The van der Waals surface area contributed by atoms with Crippen molar-refractivity contribution in [3.05, 3.63) is 88.4 Å². The first kappa shape index (κ1) is 32.0. The van der Waals surface area contributed by atoms with Crippen LogP contribution in [-0.2, 0) is 26.2 Å². The Labute approximate surface area is 248 Å². The van der Waals surface area contributed by atoms with Crippen molar-refractivity contribution in [2.24, 2.45) is 0 Å². The highest BCUT2D eigenvalue weighted by molar-refractivity contribution is 7.92. The number of hydrogen-bond acceptors (Lipinski definition) is 5. The average molecular weight is 600 g/mol. The lowest BCUT2D eigenvalue weighted by Crippen LogP contribution is -2.52. The molecule has 0 aliphatic carbocycles. The van der Waals surface area contributed by atoms with Crippen molar-refractivity contribution >= 4 is 39.1 Å². The summed E-state index contributed by atoms with van der Waals surface area (Å²) in [5.74, 6) is -0.629. The zero-order valence-corrected chi connectivity index (χ0v) is 25.9. The minimum atomic E-state index is -4.22. The lowest BCUT2D eigenvalue weighted by molar-refractivity contribution is -0.139. The summed E-state index contributed by atoms with van der Waals surface area (Å²) in [5.41, 5.74) is 2.53. The van der Waals surface area contributed by atoms with Gasteiger partial charge in [-0.25, -0.2) is 8.42 Å². The number of rotatable bonds is 12. The number of nitrogens with zero attached hydrogens (tertiary/aromatic N) is 2. The van der Waals surface area contributed by atoms with Crippen LogP contribution in [0.2, 0.25) is 5.02 Å². The van der Waals surface area contributed by atoms with E-state index in [2.05, 4.69) is 5.32 Å². The number of anilines is 1. The Morgan fingerprint density at radius 2 is 1.61 bits per heavy atom. The van der Waals surface area contributed by atoms with Gasteiger partial charge in [-0.1, -0.05) is 60.5 Å². The first-order valence-electron chi connectivity index (χ1n) is 13.5. The number of benzene rings is 3. The topological polar surface area (TPSA) is 96.0 Å². The number of ether oxygens (including phenoxy) is 1. The van der Waals surface area contributed by atoms with E-state index in [1.807, 2.05) is 27.7 Å². The predicted molar refractivity (Wildman–Crippen MR) is 163 cm³/mol. The fourth-order valence-corrected chi connectivity index (χ4v) is 5.82. The number of methoxy groups -OCH3 is 1. The van der Waals surface area contributed by atoms with E-state index in [1.54, 1.807) is 61.5 Å². The molecular weight excluding hydrogens is 562 g/mol. The van der Waals surface area contributed by atoms with Crippen molar-refractivity contribution in [1.29, 1.82) is 0 Å². The van der Waals surface area contributed by atoms with Crippen LogP contribution in [0.25, 0.3) is 0 Å². The highest BCUT2D eigenvalue weighted by Crippen LogP contribution is 2.34. The molecular formula is C31H38ClN3O5S. The van der Waals surface area contributed by atoms with E-state index in [0.29, 0.717) is 22.8 Å². The maximum atomic E-state index is 14.1. The standard InChI is InChI=1S/C31H38ClN3O5S/c1-7-23(4)33-31(37)24(5)34(19-25-10-8-9-11-27(25)32)30(36)20-35(28-18-22(3)14-17-29(28)40-6)41(38,39)26-15-12-21(2)13-16-26/h8-18,23-24H,7,19-20H2,1-6H3,(H,33,37). The minimum absolute atomic E-state index is 0.0109. The van der Waals surface area contributed by atoms with Crippen molar-refractivity contribution < 1.29 is 22.7 Å². The van der Waals surface area contributed by atoms with Crippen LogP contribution < -0.4 is 14.4 Å². The molecule has 0 spiro atoms. The van der Waals surface area contributed by atoms with Crippen molar-refractivity contribution in [3.63, 3.8) is 0 Å². The largest absolute Gasteiger partial charge is 0.495 e. The third-order valence-electron chi connectivity index (χ3n) is 6.96. The molecule has 0 saturated heterocycles. The molecule has 0 heterocycles. The van der Waals surface area contributed by atoms with Crippen molar-refractivity contribution in [2.45, 2.75) is 64.6 Å².